The molecule has 0 saturated carbocycles. The van der Waals surface area contributed by atoms with Crippen LogP contribution in [0.4, 0.5) is 0 Å². The molecule has 2 heterocycles. The first-order valence-electron chi connectivity index (χ1n) is 8.10. The largest absolute Gasteiger partial charge is 0.288 e. The number of aromatic amines is 1. The highest BCUT2D eigenvalue weighted by Gasteiger charge is 2.20. The number of nitrogens with zero attached hydrogens (tertiary/aromatic N) is 2. The number of hydrogen-bond donors (Lipinski definition) is 1. The Hall–Kier alpha value is -2.56. The fourth-order valence-corrected chi connectivity index (χ4v) is 3.37. The zero-order chi connectivity index (χ0) is 18.4. The summed E-state index contributed by atoms with van der Waals surface area (Å²) in [6.07, 6.45) is 0. The Morgan fingerprint density at radius 2 is 1.69 bits per heavy atom. The maximum atomic E-state index is 12.8. The van der Waals surface area contributed by atoms with Gasteiger partial charge in [0, 0.05) is 26.9 Å². The van der Waals surface area contributed by atoms with Crippen molar-refractivity contribution in [2.45, 2.75) is 13.8 Å². The minimum absolute atomic E-state index is 0.124. The van der Waals surface area contributed by atoms with Crippen LogP contribution in [-0.2, 0) is 0 Å². The molecule has 130 valence electrons. The van der Waals surface area contributed by atoms with Crippen LogP contribution in [-0.4, -0.2) is 14.6 Å². The molecule has 0 bridgehead atoms. The van der Waals surface area contributed by atoms with Gasteiger partial charge in [-0.2, -0.15) is 0 Å². The monoisotopic (exact) mass is 383 g/mol. The van der Waals surface area contributed by atoms with Crippen LogP contribution in [0.2, 0.25) is 10.0 Å². The lowest BCUT2D eigenvalue weighted by atomic mass is 10.0. The molecule has 0 aliphatic rings. The SMILES string of the molecule is Cc1nc2c(-c3ccc(Cl)cc3)c(-c3ccccc3Cl)[nH]n2c(=O)c1C. The van der Waals surface area contributed by atoms with Crippen LogP contribution in [0.3, 0.4) is 0 Å². The number of aryl methyl sites for hydroxylation is 1. The number of hydrogen-bond acceptors (Lipinski definition) is 2. The van der Waals surface area contributed by atoms with Crippen molar-refractivity contribution < 1.29 is 0 Å². The summed E-state index contributed by atoms with van der Waals surface area (Å²) >= 11 is 12.5. The molecule has 4 nitrogen and oxygen atoms in total. The van der Waals surface area contributed by atoms with Gasteiger partial charge < -0.3 is 0 Å². The summed E-state index contributed by atoms with van der Waals surface area (Å²) < 4.78 is 1.48. The van der Waals surface area contributed by atoms with Crippen LogP contribution in [0.15, 0.2) is 53.3 Å². The van der Waals surface area contributed by atoms with Gasteiger partial charge in [-0.1, -0.05) is 53.5 Å². The van der Waals surface area contributed by atoms with Crippen LogP contribution in [0.25, 0.3) is 28.0 Å². The summed E-state index contributed by atoms with van der Waals surface area (Å²) in [6, 6.07) is 15.0. The number of benzene rings is 2. The summed E-state index contributed by atoms with van der Waals surface area (Å²) in [5.41, 5.74) is 5.02. The van der Waals surface area contributed by atoms with Gasteiger partial charge in [-0.05, 0) is 37.6 Å². The zero-order valence-corrected chi connectivity index (χ0v) is 15.7. The van der Waals surface area contributed by atoms with E-state index in [1.54, 1.807) is 6.92 Å². The fraction of sp³-hybridized carbons (Fsp3) is 0.100. The molecule has 4 rings (SSSR count). The maximum Gasteiger partial charge on any atom is 0.275 e. The van der Waals surface area contributed by atoms with Crippen LogP contribution in [0.5, 0.6) is 0 Å². The molecule has 0 spiro atoms. The molecule has 0 amide bonds. The molecule has 0 unspecified atom stereocenters. The highest BCUT2D eigenvalue weighted by molar-refractivity contribution is 6.33. The van der Waals surface area contributed by atoms with Gasteiger partial charge in [-0.25, -0.2) is 9.50 Å². The molecule has 6 heteroatoms. The molecule has 2 aromatic carbocycles. The summed E-state index contributed by atoms with van der Waals surface area (Å²) in [5.74, 6) is 0. The van der Waals surface area contributed by atoms with Gasteiger partial charge in [0.2, 0.25) is 0 Å². The molecule has 26 heavy (non-hydrogen) atoms. The number of fused-ring (bicyclic) bond motifs is 1. The molecule has 0 aliphatic heterocycles. The minimum Gasteiger partial charge on any atom is -0.288 e. The number of halogens is 2. The van der Waals surface area contributed by atoms with Gasteiger partial charge in [-0.15, -0.1) is 0 Å². The minimum atomic E-state index is -0.124. The molecule has 4 aromatic rings. The van der Waals surface area contributed by atoms with E-state index in [4.69, 9.17) is 23.2 Å². The Morgan fingerprint density at radius 3 is 2.38 bits per heavy atom. The quantitative estimate of drug-likeness (QED) is 0.511. The third kappa shape index (κ3) is 2.62. The van der Waals surface area contributed by atoms with E-state index in [1.165, 1.54) is 4.52 Å². The van der Waals surface area contributed by atoms with Crippen molar-refractivity contribution in [3.63, 3.8) is 0 Å². The first-order valence-corrected chi connectivity index (χ1v) is 8.85. The van der Waals surface area contributed by atoms with E-state index in [-0.39, 0.29) is 5.56 Å². The maximum absolute atomic E-state index is 12.8. The molecule has 0 atom stereocenters. The van der Waals surface area contributed by atoms with E-state index in [1.807, 2.05) is 55.5 Å². The van der Waals surface area contributed by atoms with Crippen molar-refractivity contribution >= 4 is 28.8 Å². The standard InChI is InChI=1S/C20H15Cl2N3O/c1-11-12(2)23-19-17(13-7-9-14(21)10-8-13)18(24-25(19)20(11)26)15-5-3-4-6-16(15)22/h3-10,24H,1-2H3. The van der Waals surface area contributed by atoms with Crippen molar-refractivity contribution in [1.82, 2.24) is 14.6 Å². The first-order chi connectivity index (χ1) is 12.5. The molecule has 0 fully saturated rings. The second kappa shape index (κ2) is 6.31. The lowest BCUT2D eigenvalue weighted by molar-refractivity contribution is 0.876. The first kappa shape index (κ1) is 16.9. The van der Waals surface area contributed by atoms with Crippen molar-refractivity contribution in [1.29, 1.82) is 0 Å². The van der Waals surface area contributed by atoms with E-state index in [9.17, 15) is 4.79 Å². The topological polar surface area (TPSA) is 50.2 Å². The second-order valence-corrected chi connectivity index (χ2v) is 6.98. The van der Waals surface area contributed by atoms with Crippen molar-refractivity contribution in [2.75, 3.05) is 0 Å². The molecule has 0 radical (unpaired) electrons. The normalized spacial score (nSPS) is 11.2. The Morgan fingerprint density at radius 1 is 1.00 bits per heavy atom. The van der Waals surface area contributed by atoms with E-state index >= 15 is 0 Å². The Balaban J connectivity index is 2.16. The zero-order valence-electron chi connectivity index (χ0n) is 14.2. The third-order valence-corrected chi connectivity index (χ3v) is 5.11. The van der Waals surface area contributed by atoms with Gasteiger partial charge in [0.05, 0.1) is 11.3 Å². The molecule has 2 aromatic heterocycles. The van der Waals surface area contributed by atoms with Gasteiger partial charge in [0.25, 0.3) is 5.56 Å². The summed E-state index contributed by atoms with van der Waals surface area (Å²) in [5, 5.41) is 4.43. The van der Waals surface area contributed by atoms with Gasteiger partial charge in [0.15, 0.2) is 5.65 Å². The fourth-order valence-electron chi connectivity index (χ4n) is 3.01. The predicted octanol–water partition coefficient (Wildman–Crippen LogP) is 5.28. The highest BCUT2D eigenvalue weighted by Crippen LogP contribution is 2.37. The second-order valence-electron chi connectivity index (χ2n) is 6.13. The van der Waals surface area contributed by atoms with Crippen molar-refractivity contribution in [3.8, 4) is 22.4 Å². The lowest BCUT2D eigenvalue weighted by Crippen LogP contribution is -2.19. The highest BCUT2D eigenvalue weighted by atomic mass is 35.5. The number of nitrogens with one attached hydrogen (secondary N) is 1. The molecule has 0 aliphatic carbocycles. The lowest BCUT2D eigenvalue weighted by Gasteiger charge is -2.06. The molecular formula is C20H15Cl2N3O. The average molecular weight is 384 g/mol. The Labute approximate surface area is 160 Å². The van der Waals surface area contributed by atoms with E-state index < -0.39 is 0 Å². The average Bonchev–Trinajstić information content (AvgIpc) is 3.00. The van der Waals surface area contributed by atoms with Crippen LogP contribution >= 0.6 is 23.2 Å². The number of H-pyrrole nitrogens is 1. The Kier molecular flexibility index (Phi) is 4.10. The van der Waals surface area contributed by atoms with Crippen LogP contribution in [0.1, 0.15) is 11.3 Å². The van der Waals surface area contributed by atoms with Crippen molar-refractivity contribution in [3.05, 3.63) is 80.2 Å². The van der Waals surface area contributed by atoms with Crippen LogP contribution < -0.4 is 5.56 Å². The van der Waals surface area contributed by atoms with Crippen LogP contribution in [0, 0.1) is 13.8 Å². The summed E-state index contributed by atoms with van der Waals surface area (Å²) in [6.45, 7) is 3.61. The summed E-state index contributed by atoms with van der Waals surface area (Å²) in [4.78, 5) is 17.4. The third-order valence-electron chi connectivity index (χ3n) is 4.53. The smallest absolute Gasteiger partial charge is 0.275 e. The number of aromatic nitrogens is 3. The molecule has 0 saturated heterocycles. The predicted molar refractivity (Wildman–Crippen MR) is 106 cm³/mol. The van der Waals surface area contributed by atoms with Crippen molar-refractivity contribution in [2.24, 2.45) is 0 Å². The van der Waals surface area contributed by atoms with E-state index in [0.29, 0.717) is 26.9 Å². The molecule has 1 N–H and O–H groups in total. The number of rotatable bonds is 2. The molecular weight excluding hydrogens is 369 g/mol. The van der Waals surface area contributed by atoms with E-state index in [0.717, 1.165) is 22.4 Å². The Bertz CT molecular complexity index is 1190. The van der Waals surface area contributed by atoms with E-state index in [2.05, 4.69) is 10.1 Å². The van der Waals surface area contributed by atoms with Gasteiger partial charge >= 0.3 is 0 Å². The van der Waals surface area contributed by atoms with Gasteiger partial charge in [0.1, 0.15) is 0 Å². The summed E-state index contributed by atoms with van der Waals surface area (Å²) in [7, 11) is 0. The van der Waals surface area contributed by atoms with Gasteiger partial charge in [-0.3, -0.25) is 9.89 Å².